The summed E-state index contributed by atoms with van der Waals surface area (Å²) in [4.78, 5) is 22.0. The number of carbonyl (C=O) groups is 2. The van der Waals surface area contributed by atoms with Crippen LogP contribution in [0.4, 0.5) is 0 Å². The molecule has 96 valence electrons. The number of aromatic carboxylic acids is 2. The molecular weight excluding hydrogens is 244 g/mol. The maximum atomic E-state index is 11.2. The summed E-state index contributed by atoms with van der Waals surface area (Å²) in [6.45, 7) is 1.82. The highest BCUT2D eigenvalue weighted by atomic mass is 16.4. The van der Waals surface area contributed by atoms with Gasteiger partial charge in [-0.2, -0.15) is 0 Å². The second-order valence-corrected chi connectivity index (χ2v) is 4.24. The molecule has 0 heterocycles. The van der Waals surface area contributed by atoms with E-state index >= 15 is 0 Å². The number of aryl methyl sites for hydroxylation is 1. The highest BCUT2D eigenvalue weighted by Crippen LogP contribution is 2.25. The number of hydrogen-bond donors (Lipinski definition) is 2. The van der Waals surface area contributed by atoms with Crippen molar-refractivity contribution in [3.8, 4) is 11.1 Å². The SMILES string of the molecule is Cc1ccc(-c2ccc(C(=O)O)cc2)c(C(=O)O)c1. The van der Waals surface area contributed by atoms with Crippen LogP contribution in [0.3, 0.4) is 0 Å². The average molecular weight is 256 g/mol. The minimum atomic E-state index is -1.01. The Bertz CT molecular complexity index is 642. The number of carboxylic acids is 2. The van der Waals surface area contributed by atoms with Crippen molar-refractivity contribution < 1.29 is 19.8 Å². The normalized spacial score (nSPS) is 10.2. The molecule has 19 heavy (non-hydrogen) atoms. The Morgan fingerprint density at radius 3 is 2.05 bits per heavy atom. The van der Waals surface area contributed by atoms with Crippen LogP contribution in [0.2, 0.25) is 0 Å². The minimum absolute atomic E-state index is 0.174. The molecule has 0 spiro atoms. The van der Waals surface area contributed by atoms with Crippen molar-refractivity contribution >= 4 is 11.9 Å². The molecule has 2 rings (SSSR count). The van der Waals surface area contributed by atoms with E-state index in [1.54, 1.807) is 24.3 Å². The van der Waals surface area contributed by atoms with Crippen molar-refractivity contribution in [3.05, 3.63) is 59.2 Å². The van der Waals surface area contributed by atoms with Gasteiger partial charge in [-0.15, -0.1) is 0 Å². The third kappa shape index (κ3) is 2.63. The Labute approximate surface area is 109 Å². The first-order chi connectivity index (χ1) is 8.99. The molecule has 0 saturated carbocycles. The molecule has 0 aromatic heterocycles. The van der Waals surface area contributed by atoms with Gasteiger partial charge in [-0.3, -0.25) is 0 Å². The fraction of sp³-hybridized carbons (Fsp3) is 0.0667. The standard InChI is InChI=1S/C15H12O4/c1-9-2-7-12(13(8-9)15(18)19)10-3-5-11(6-4-10)14(16)17/h2-8H,1H3,(H,16,17)(H,18,19). The minimum Gasteiger partial charge on any atom is -0.478 e. The Hall–Kier alpha value is -2.62. The van der Waals surface area contributed by atoms with E-state index in [1.165, 1.54) is 12.1 Å². The zero-order chi connectivity index (χ0) is 14.0. The van der Waals surface area contributed by atoms with E-state index in [9.17, 15) is 14.7 Å². The van der Waals surface area contributed by atoms with Gasteiger partial charge in [0.1, 0.15) is 0 Å². The van der Waals surface area contributed by atoms with Crippen molar-refractivity contribution in [2.24, 2.45) is 0 Å². The van der Waals surface area contributed by atoms with Crippen molar-refractivity contribution in [1.82, 2.24) is 0 Å². The van der Waals surface area contributed by atoms with Gasteiger partial charge in [0, 0.05) is 0 Å². The Morgan fingerprint density at radius 1 is 0.895 bits per heavy atom. The average Bonchev–Trinajstić information content (AvgIpc) is 2.38. The third-order valence-electron chi connectivity index (χ3n) is 2.85. The molecule has 0 unspecified atom stereocenters. The second-order valence-electron chi connectivity index (χ2n) is 4.24. The van der Waals surface area contributed by atoms with Crippen LogP contribution in [-0.2, 0) is 0 Å². The molecule has 0 amide bonds. The number of benzene rings is 2. The summed E-state index contributed by atoms with van der Waals surface area (Å²) < 4.78 is 0. The van der Waals surface area contributed by atoms with Crippen LogP contribution in [0.15, 0.2) is 42.5 Å². The molecule has 0 aliphatic carbocycles. The molecule has 0 fully saturated rings. The van der Waals surface area contributed by atoms with Crippen molar-refractivity contribution in [3.63, 3.8) is 0 Å². The fourth-order valence-electron chi connectivity index (χ4n) is 1.88. The lowest BCUT2D eigenvalue weighted by Crippen LogP contribution is -2.01. The monoisotopic (exact) mass is 256 g/mol. The smallest absolute Gasteiger partial charge is 0.336 e. The lowest BCUT2D eigenvalue weighted by atomic mass is 9.97. The zero-order valence-electron chi connectivity index (χ0n) is 10.3. The molecule has 4 nitrogen and oxygen atoms in total. The topological polar surface area (TPSA) is 74.6 Å². The molecule has 0 aliphatic heterocycles. The van der Waals surface area contributed by atoms with Crippen LogP contribution in [0.25, 0.3) is 11.1 Å². The predicted octanol–water partition coefficient (Wildman–Crippen LogP) is 3.06. The summed E-state index contributed by atoms with van der Waals surface area (Å²) in [6, 6.07) is 11.3. The summed E-state index contributed by atoms with van der Waals surface area (Å²) in [5.74, 6) is -2.00. The maximum absolute atomic E-state index is 11.2. The van der Waals surface area contributed by atoms with Crippen LogP contribution in [0, 0.1) is 6.92 Å². The van der Waals surface area contributed by atoms with E-state index in [1.807, 2.05) is 13.0 Å². The Balaban J connectivity index is 2.52. The fourth-order valence-corrected chi connectivity index (χ4v) is 1.88. The Kier molecular flexibility index (Phi) is 3.33. The van der Waals surface area contributed by atoms with Crippen molar-refractivity contribution in [2.75, 3.05) is 0 Å². The first kappa shape index (κ1) is 12.8. The largest absolute Gasteiger partial charge is 0.478 e. The molecule has 4 heteroatoms. The third-order valence-corrected chi connectivity index (χ3v) is 2.85. The molecule has 0 aliphatic rings. The molecular formula is C15H12O4. The lowest BCUT2D eigenvalue weighted by Gasteiger charge is -2.07. The van der Waals surface area contributed by atoms with Gasteiger partial charge in [-0.25, -0.2) is 9.59 Å². The van der Waals surface area contributed by atoms with Gasteiger partial charge in [0.05, 0.1) is 11.1 Å². The lowest BCUT2D eigenvalue weighted by molar-refractivity contribution is 0.0686. The van der Waals surface area contributed by atoms with Crippen LogP contribution in [0.1, 0.15) is 26.3 Å². The molecule has 0 bridgehead atoms. The molecule has 2 N–H and O–H groups in total. The zero-order valence-corrected chi connectivity index (χ0v) is 10.3. The van der Waals surface area contributed by atoms with Gasteiger partial charge in [0.15, 0.2) is 0 Å². The van der Waals surface area contributed by atoms with Gasteiger partial charge in [0.25, 0.3) is 0 Å². The van der Waals surface area contributed by atoms with Crippen LogP contribution >= 0.6 is 0 Å². The summed E-state index contributed by atoms with van der Waals surface area (Å²) >= 11 is 0. The quantitative estimate of drug-likeness (QED) is 0.885. The number of rotatable bonds is 3. The first-order valence-corrected chi connectivity index (χ1v) is 5.66. The van der Waals surface area contributed by atoms with Crippen LogP contribution < -0.4 is 0 Å². The number of carboxylic acid groups (broad SMARTS) is 2. The van der Waals surface area contributed by atoms with Gasteiger partial charge in [-0.1, -0.05) is 29.8 Å². The van der Waals surface area contributed by atoms with Crippen molar-refractivity contribution in [1.29, 1.82) is 0 Å². The maximum Gasteiger partial charge on any atom is 0.336 e. The second kappa shape index (κ2) is 4.94. The van der Waals surface area contributed by atoms with Crippen LogP contribution in [-0.4, -0.2) is 22.2 Å². The molecule has 0 saturated heterocycles. The summed E-state index contributed by atoms with van der Waals surface area (Å²) in [6.07, 6.45) is 0. The van der Waals surface area contributed by atoms with Gasteiger partial charge in [0.2, 0.25) is 0 Å². The molecule has 2 aromatic carbocycles. The van der Waals surface area contributed by atoms with Crippen molar-refractivity contribution in [2.45, 2.75) is 6.92 Å². The molecule has 2 aromatic rings. The van der Waals surface area contributed by atoms with E-state index in [0.717, 1.165) is 5.56 Å². The number of hydrogen-bond acceptors (Lipinski definition) is 2. The van der Waals surface area contributed by atoms with E-state index in [4.69, 9.17) is 5.11 Å². The molecule has 0 radical (unpaired) electrons. The summed E-state index contributed by atoms with van der Waals surface area (Å²) in [5, 5.41) is 18.0. The highest BCUT2D eigenvalue weighted by molar-refractivity contribution is 5.96. The predicted molar refractivity (Wildman–Crippen MR) is 70.5 cm³/mol. The summed E-state index contributed by atoms with van der Waals surface area (Å²) in [5.41, 5.74) is 2.51. The van der Waals surface area contributed by atoms with Crippen LogP contribution in [0.5, 0.6) is 0 Å². The van der Waals surface area contributed by atoms with E-state index < -0.39 is 11.9 Å². The first-order valence-electron chi connectivity index (χ1n) is 5.66. The van der Waals surface area contributed by atoms with E-state index in [2.05, 4.69) is 0 Å². The van der Waals surface area contributed by atoms with Gasteiger partial charge >= 0.3 is 11.9 Å². The Morgan fingerprint density at radius 2 is 1.53 bits per heavy atom. The summed E-state index contributed by atoms with van der Waals surface area (Å²) in [7, 11) is 0. The molecule has 0 atom stereocenters. The van der Waals surface area contributed by atoms with Gasteiger partial charge in [-0.05, 0) is 36.2 Å². The highest BCUT2D eigenvalue weighted by Gasteiger charge is 2.12. The van der Waals surface area contributed by atoms with E-state index in [-0.39, 0.29) is 11.1 Å². The van der Waals surface area contributed by atoms with E-state index in [0.29, 0.717) is 11.1 Å². The van der Waals surface area contributed by atoms with Gasteiger partial charge < -0.3 is 10.2 Å².